The maximum absolute atomic E-state index is 9.76. The molecule has 4 nitrogen and oxygen atoms in total. The highest BCUT2D eigenvalue weighted by Crippen LogP contribution is 2.41. The Bertz CT molecular complexity index is 1820. The van der Waals surface area contributed by atoms with Crippen LogP contribution < -0.4 is 0 Å². The number of aromatic nitrogens is 3. The lowest BCUT2D eigenvalue weighted by Crippen LogP contribution is -1.95. The molecule has 3 aromatic heterocycles. The van der Waals surface area contributed by atoms with E-state index in [1.54, 1.807) is 6.33 Å². The van der Waals surface area contributed by atoms with Gasteiger partial charge < -0.3 is 4.40 Å². The van der Waals surface area contributed by atoms with E-state index in [0.29, 0.717) is 5.56 Å². The number of rotatable bonds is 0. The molecule has 29 heavy (non-hydrogen) atoms. The van der Waals surface area contributed by atoms with Crippen LogP contribution in [0.3, 0.4) is 0 Å². The van der Waals surface area contributed by atoms with Gasteiger partial charge in [0.2, 0.25) is 0 Å². The van der Waals surface area contributed by atoms with Gasteiger partial charge in [0, 0.05) is 16.2 Å². The second-order valence-electron chi connectivity index (χ2n) is 7.44. The number of nitrogens with zero attached hydrogens (tertiary/aromatic N) is 4. The van der Waals surface area contributed by atoms with E-state index in [0.717, 1.165) is 49.1 Å². The van der Waals surface area contributed by atoms with Crippen LogP contribution in [0, 0.1) is 11.3 Å². The van der Waals surface area contributed by atoms with Crippen LogP contribution in [0.5, 0.6) is 0 Å². The molecular weight excluding hydrogens is 356 g/mol. The van der Waals surface area contributed by atoms with Crippen LogP contribution in [0.2, 0.25) is 0 Å². The largest absolute Gasteiger partial charge is 0.308 e. The van der Waals surface area contributed by atoms with Crippen molar-refractivity contribution in [2.45, 2.75) is 0 Å². The highest BCUT2D eigenvalue weighted by molar-refractivity contribution is 6.28. The van der Waals surface area contributed by atoms with Gasteiger partial charge in [-0.15, -0.1) is 0 Å². The fourth-order valence-corrected chi connectivity index (χ4v) is 4.85. The number of hydrogen-bond donors (Lipinski definition) is 0. The fraction of sp³-hybridized carbons (Fsp3) is 0. The molecule has 0 amide bonds. The van der Waals surface area contributed by atoms with Gasteiger partial charge in [0.15, 0.2) is 0 Å². The average Bonchev–Trinajstić information content (AvgIpc) is 3.13. The first kappa shape index (κ1) is 14.8. The van der Waals surface area contributed by atoms with E-state index in [1.807, 2.05) is 18.2 Å². The molecule has 4 heteroatoms. The second kappa shape index (κ2) is 4.98. The molecule has 7 rings (SSSR count). The summed E-state index contributed by atoms with van der Waals surface area (Å²) in [7, 11) is 0. The number of benzene rings is 4. The molecule has 0 bridgehead atoms. The van der Waals surface area contributed by atoms with Crippen LogP contribution in [0.25, 0.3) is 59.9 Å². The number of hydrogen-bond acceptors (Lipinski definition) is 3. The zero-order valence-electron chi connectivity index (χ0n) is 15.2. The van der Waals surface area contributed by atoms with Crippen molar-refractivity contribution in [3.05, 3.63) is 78.6 Å². The maximum atomic E-state index is 9.76. The first-order chi connectivity index (χ1) is 14.3. The van der Waals surface area contributed by atoms with E-state index < -0.39 is 0 Å². The number of pyridine rings is 1. The van der Waals surface area contributed by atoms with Crippen LogP contribution in [0.15, 0.2) is 73.1 Å². The van der Waals surface area contributed by atoms with Gasteiger partial charge >= 0.3 is 0 Å². The molecule has 3 heterocycles. The lowest BCUT2D eigenvalue weighted by atomic mass is 10.0. The smallest absolute Gasteiger partial charge is 0.116 e. The molecule has 0 aliphatic heterocycles. The van der Waals surface area contributed by atoms with E-state index in [-0.39, 0.29) is 0 Å². The molecule has 0 saturated heterocycles. The molecule has 0 spiro atoms. The zero-order valence-corrected chi connectivity index (χ0v) is 15.2. The third-order valence-electron chi connectivity index (χ3n) is 6.03. The van der Waals surface area contributed by atoms with E-state index in [9.17, 15) is 5.26 Å². The van der Waals surface area contributed by atoms with Crippen LogP contribution in [-0.2, 0) is 0 Å². The van der Waals surface area contributed by atoms with Gasteiger partial charge in [-0.05, 0) is 47.2 Å². The minimum absolute atomic E-state index is 0.688. The first-order valence-electron chi connectivity index (χ1n) is 9.49. The van der Waals surface area contributed by atoms with Gasteiger partial charge in [-0.2, -0.15) is 5.26 Å². The molecule has 0 fully saturated rings. The topological polar surface area (TPSA) is 54.0 Å². The molecule has 4 aromatic carbocycles. The minimum atomic E-state index is 0.688. The number of fused-ring (bicyclic) bond motifs is 7. The molecular formula is C25H12N4. The van der Waals surface area contributed by atoms with E-state index in [2.05, 4.69) is 64.0 Å². The Morgan fingerprint density at radius 1 is 0.759 bits per heavy atom. The molecule has 0 saturated carbocycles. The van der Waals surface area contributed by atoms with E-state index in [4.69, 9.17) is 4.98 Å². The predicted octanol–water partition coefficient (Wildman–Crippen LogP) is 5.80. The molecule has 0 aliphatic rings. The summed E-state index contributed by atoms with van der Waals surface area (Å²) in [5, 5.41) is 16.3. The zero-order chi connectivity index (χ0) is 19.1. The van der Waals surface area contributed by atoms with Crippen LogP contribution >= 0.6 is 0 Å². The second-order valence-corrected chi connectivity index (χ2v) is 7.44. The summed E-state index contributed by atoms with van der Waals surface area (Å²) in [6.45, 7) is 0. The fourth-order valence-electron chi connectivity index (χ4n) is 4.85. The molecule has 0 N–H and O–H groups in total. The minimum Gasteiger partial charge on any atom is -0.308 e. The monoisotopic (exact) mass is 368 g/mol. The summed E-state index contributed by atoms with van der Waals surface area (Å²) in [5.74, 6) is 0. The molecule has 0 radical (unpaired) electrons. The van der Waals surface area contributed by atoms with Crippen molar-refractivity contribution in [3.8, 4) is 6.07 Å². The highest BCUT2D eigenvalue weighted by Gasteiger charge is 2.20. The van der Waals surface area contributed by atoms with Gasteiger partial charge in [0.1, 0.15) is 6.33 Å². The maximum Gasteiger partial charge on any atom is 0.116 e. The van der Waals surface area contributed by atoms with Crippen molar-refractivity contribution >= 4 is 59.9 Å². The summed E-state index contributed by atoms with van der Waals surface area (Å²) < 4.78 is 2.28. The van der Waals surface area contributed by atoms with Crippen molar-refractivity contribution in [2.24, 2.45) is 0 Å². The molecule has 7 aromatic rings. The Labute approximate surface area is 164 Å². The third-order valence-corrected chi connectivity index (χ3v) is 6.03. The average molecular weight is 368 g/mol. The Hall–Kier alpha value is -4.23. The summed E-state index contributed by atoms with van der Waals surface area (Å²) >= 11 is 0. The molecule has 0 aliphatic carbocycles. The van der Waals surface area contributed by atoms with Gasteiger partial charge in [-0.1, -0.05) is 30.3 Å². The van der Waals surface area contributed by atoms with Gasteiger partial charge in [-0.25, -0.2) is 9.97 Å². The Morgan fingerprint density at radius 3 is 2.48 bits per heavy atom. The van der Waals surface area contributed by atoms with Crippen molar-refractivity contribution in [1.29, 1.82) is 5.26 Å². The molecule has 0 unspecified atom stereocenters. The Kier molecular flexibility index (Phi) is 2.54. The Balaban J connectivity index is 1.95. The summed E-state index contributed by atoms with van der Waals surface area (Å²) in [6.07, 6.45) is 1.64. The van der Waals surface area contributed by atoms with Crippen LogP contribution in [0.4, 0.5) is 0 Å². The molecule has 0 atom stereocenters. The van der Waals surface area contributed by atoms with Crippen molar-refractivity contribution < 1.29 is 0 Å². The third kappa shape index (κ3) is 1.68. The van der Waals surface area contributed by atoms with Crippen molar-refractivity contribution in [2.75, 3.05) is 0 Å². The highest BCUT2D eigenvalue weighted by atomic mass is 14.9. The SMILES string of the molecule is N#Cc1cccc2c1c1ccc3ncnc4c5cc6ccccc6cc5n2c1c34. The quantitative estimate of drug-likeness (QED) is 0.251. The van der Waals surface area contributed by atoms with E-state index in [1.165, 1.54) is 10.8 Å². The lowest BCUT2D eigenvalue weighted by Gasteiger charge is -2.12. The first-order valence-corrected chi connectivity index (χ1v) is 9.49. The summed E-state index contributed by atoms with van der Waals surface area (Å²) in [4.78, 5) is 9.22. The molecule has 132 valence electrons. The van der Waals surface area contributed by atoms with Crippen LogP contribution in [-0.4, -0.2) is 14.4 Å². The van der Waals surface area contributed by atoms with Gasteiger partial charge in [-0.3, -0.25) is 0 Å². The van der Waals surface area contributed by atoms with Crippen LogP contribution in [0.1, 0.15) is 5.56 Å². The van der Waals surface area contributed by atoms with Crippen molar-refractivity contribution in [3.63, 3.8) is 0 Å². The summed E-state index contributed by atoms with van der Waals surface area (Å²) in [6, 6.07) is 25.3. The summed E-state index contributed by atoms with van der Waals surface area (Å²) in [5.41, 5.74) is 5.78. The normalized spacial score (nSPS) is 12.1. The van der Waals surface area contributed by atoms with Gasteiger partial charge in [0.05, 0.1) is 44.6 Å². The van der Waals surface area contributed by atoms with E-state index >= 15 is 0 Å². The number of nitriles is 1. The predicted molar refractivity (Wildman–Crippen MR) is 116 cm³/mol. The standard InChI is InChI=1S/C25H12N4/c26-12-16-6-3-7-20-22(16)17-8-9-19-23-24(28-13-27-19)18-10-14-4-1-2-5-15(14)11-21(18)29(20)25(17)23/h1-11,13H. The Morgan fingerprint density at radius 2 is 1.62 bits per heavy atom. The van der Waals surface area contributed by atoms with Crippen molar-refractivity contribution in [1.82, 2.24) is 14.4 Å². The van der Waals surface area contributed by atoms with Gasteiger partial charge in [0.25, 0.3) is 0 Å². The lowest BCUT2D eigenvalue weighted by molar-refractivity contribution is 1.26.